The maximum atomic E-state index is 8.61. The Bertz CT molecular complexity index is 383. The molecule has 0 aromatic carbocycles. The van der Waals surface area contributed by atoms with Crippen LogP contribution in [-0.4, -0.2) is 52.0 Å². The van der Waals surface area contributed by atoms with Crippen LogP contribution in [0.1, 0.15) is 12.7 Å². The summed E-state index contributed by atoms with van der Waals surface area (Å²) < 4.78 is 7.31. The molecule has 1 aromatic heterocycles. The Kier molecular flexibility index (Phi) is 3.49. The van der Waals surface area contributed by atoms with Crippen LogP contribution in [0.25, 0.3) is 0 Å². The van der Waals surface area contributed by atoms with E-state index < -0.39 is 0 Å². The molecular formula is C10H15N5O. The van der Waals surface area contributed by atoms with Gasteiger partial charge in [0, 0.05) is 13.1 Å². The molecule has 6 heteroatoms. The summed E-state index contributed by atoms with van der Waals surface area (Å²) in [5.74, 6) is 0.211. The molecule has 1 aliphatic heterocycles. The van der Waals surface area contributed by atoms with Crippen molar-refractivity contribution in [2.24, 2.45) is 0 Å². The molecule has 1 aliphatic rings. The fourth-order valence-electron chi connectivity index (χ4n) is 1.82. The third kappa shape index (κ3) is 2.56. The summed E-state index contributed by atoms with van der Waals surface area (Å²) in [5.41, 5.74) is 0. The van der Waals surface area contributed by atoms with Crippen LogP contribution in [0.2, 0.25) is 0 Å². The van der Waals surface area contributed by atoms with E-state index in [9.17, 15) is 0 Å². The summed E-state index contributed by atoms with van der Waals surface area (Å²) in [4.78, 5) is 6.20. The maximum absolute atomic E-state index is 8.61. The van der Waals surface area contributed by atoms with Gasteiger partial charge < -0.3 is 4.74 Å². The minimum absolute atomic E-state index is 0.141. The molecule has 0 spiro atoms. The average molecular weight is 221 g/mol. The summed E-state index contributed by atoms with van der Waals surface area (Å²) in [6.07, 6.45) is 1.72. The molecule has 1 unspecified atom stereocenters. The smallest absolute Gasteiger partial charge is 0.252 e. The number of rotatable bonds is 3. The fourth-order valence-corrected chi connectivity index (χ4v) is 1.82. The van der Waals surface area contributed by atoms with Crippen molar-refractivity contribution < 1.29 is 4.74 Å². The van der Waals surface area contributed by atoms with Crippen molar-refractivity contribution in [1.82, 2.24) is 19.7 Å². The molecule has 2 rings (SSSR count). The number of hydrogen-bond acceptors (Lipinski definition) is 5. The Balaban J connectivity index is 1.91. The molecule has 86 valence electrons. The van der Waals surface area contributed by atoms with Gasteiger partial charge in [-0.05, 0) is 6.54 Å². The first-order chi connectivity index (χ1) is 7.81. The van der Waals surface area contributed by atoms with Gasteiger partial charge in [-0.25, -0.2) is 9.67 Å². The van der Waals surface area contributed by atoms with Gasteiger partial charge in [0.2, 0.25) is 0 Å². The predicted molar refractivity (Wildman–Crippen MR) is 56.6 cm³/mol. The van der Waals surface area contributed by atoms with Crippen LogP contribution in [0, 0.1) is 11.3 Å². The second kappa shape index (κ2) is 5.05. The van der Waals surface area contributed by atoms with Crippen LogP contribution in [0.3, 0.4) is 0 Å². The molecule has 6 nitrogen and oxygen atoms in total. The second-order valence-corrected chi connectivity index (χ2v) is 3.79. The molecule has 0 amide bonds. The minimum atomic E-state index is 0.141. The normalized spacial score (nSPS) is 21.9. The Hall–Kier alpha value is -1.45. The zero-order valence-corrected chi connectivity index (χ0v) is 9.33. The van der Waals surface area contributed by atoms with E-state index in [1.54, 1.807) is 11.0 Å². The summed E-state index contributed by atoms with van der Waals surface area (Å²) in [7, 11) is 0. The van der Waals surface area contributed by atoms with Gasteiger partial charge in [-0.2, -0.15) is 5.26 Å². The lowest BCUT2D eigenvalue weighted by Crippen LogP contribution is -2.44. The van der Waals surface area contributed by atoms with Gasteiger partial charge in [0.25, 0.3) is 5.82 Å². The fraction of sp³-hybridized carbons (Fsp3) is 0.700. The van der Waals surface area contributed by atoms with Crippen LogP contribution in [0.5, 0.6) is 0 Å². The van der Waals surface area contributed by atoms with E-state index in [4.69, 9.17) is 10.00 Å². The number of nitrogens with zero attached hydrogens (tertiary/aromatic N) is 5. The first-order valence-electron chi connectivity index (χ1n) is 5.45. The molecule has 0 N–H and O–H groups in total. The highest BCUT2D eigenvalue weighted by atomic mass is 16.5. The Labute approximate surface area is 94.4 Å². The number of morpholine rings is 1. The largest absolute Gasteiger partial charge is 0.374 e. The summed E-state index contributed by atoms with van der Waals surface area (Å²) in [6, 6.07) is 1.91. The molecule has 0 bridgehead atoms. The third-order valence-electron chi connectivity index (χ3n) is 2.70. The first-order valence-corrected chi connectivity index (χ1v) is 5.45. The molecule has 2 heterocycles. The standard InChI is InChI=1S/C10H15N5O/c1-2-14-3-4-16-9(6-14)7-15-8-12-10(5-11)13-15/h8-9H,2-4,6-7H2,1H3. The van der Waals surface area contributed by atoms with Crippen molar-refractivity contribution in [3.63, 3.8) is 0 Å². The van der Waals surface area contributed by atoms with Crippen molar-refractivity contribution in [2.45, 2.75) is 19.6 Å². The van der Waals surface area contributed by atoms with E-state index in [1.165, 1.54) is 0 Å². The highest BCUT2D eigenvalue weighted by molar-refractivity contribution is 5.05. The Morgan fingerprint density at radius 1 is 1.69 bits per heavy atom. The van der Waals surface area contributed by atoms with Gasteiger partial charge in [0.15, 0.2) is 0 Å². The van der Waals surface area contributed by atoms with Crippen LogP contribution in [-0.2, 0) is 11.3 Å². The molecule has 1 atom stereocenters. The lowest BCUT2D eigenvalue weighted by molar-refractivity contribution is -0.0358. The van der Waals surface area contributed by atoms with Gasteiger partial charge >= 0.3 is 0 Å². The zero-order valence-electron chi connectivity index (χ0n) is 9.33. The second-order valence-electron chi connectivity index (χ2n) is 3.79. The van der Waals surface area contributed by atoms with E-state index in [0.29, 0.717) is 6.54 Å². The third-order valence-corrected chi connectivity index (χ3v) is 2.70. The molecule has 1 saturated heterocycles. The van der Waals surface area contributed by atoms with Gasteiger partial charge in [-0.15, -0.1) is 5.10 Å². The van der Waals surface area contributed by atoms with Gasteiger partial charge in [-0.1, -0.05) is 6.92 Å². The molecule has 1 aromatic rings. The van der Waals surface area contributed by atoms with Gasteiger partial charge in [-0.3, -0.25) is 4.90 Å². The number of likely N-dealkylation sites (N-methyl/N-ethyl adjacent to an activating group) is 1. The lowest BCUT2D eigenvalue weighted by atomic mass is 10.2. The van der Waals surface area contributed by atoms with Gasteiger partial charge in [0.05, 0.1) is 19.3 Å². The molecule has 0 saturated carbocycles. The van der Waals surface area contributed by atoms with E-state index in [0.717, 1.165) is 26.2 Å². The SMILES string of the molecule is CCN1CCOC(Cn2cnc(C#N)n2)C1. The van der Waals surface area contributed by atoms with E-state index in [2.05, 4.69) is 21.9 Å². The lowest BCUT2D eigenvalue weighted by Gasteiger charge is -2.31. The first kappa shape index (κ1) is 11.0. The van der Waals surface area contributed by atoms with Crippen molar-refractivity contribution in [2.75, 3.05) is 26.2 Å². The van der Waals surface area contributed by atoms with E-state index in [1.807, 2.05) is 6.07 Å². The molecule has 16 heavy (non-hydrogen) atoms. The quantitative estimate of drug-likeness (QED) is 0.711. The summed E-state index contributed by atoms with van der Waals surface area (Å²) in [5, 5.41) is 12.6. The van der Waals surface area contributed by atoms with Crippen molar-refractivity contribution >= 4 is 0 Å². The van der Waals surface area contributed by atoms with E-state index in [-0.39, 0.29) is 11.9 Å². The number of hydrogen-bond donors (Lipinski definition) is 0. The number of aromatic nitrogens is 3. The van der Waals surface area contributed by atoms with Crippen LogP contribution < -0.4 is 0 Å². The van der Waals surface area contributed by atoms with E-state index >= 15 is 0 Å². The molecule has 0 aliphatic carbocycles. The van der Waals surface area contributed by atoms with Crippen molar-refractivity contribution in [3.8, 4) is 6.07 Å². The molecular weight excluding hydrogens is 206 g/mol. The Morgan fingerprint density at radius 2 is 2.56 bits per heavy atom. The predicted octanol–water partition coefficient (Wildman–Crippen LogP) is -0.130. The topological polar surface area (TPSA) is 67.0 Å². The van der Waals surface area contributed by atoms with Gasteiger partial charge in [0.1, 0.15) is 12.4 Å². The monoisotopic (exact) mass is 221 g/mol. The number of nitriles is 1. The van der Waals surface area contributed by atoms with Crippen molar-refractivity contribution in [1.29, 1.82) is 5.26 Å². The summed E-state index contributed by atoms with van der Waals surface area (Å²) >= 11 is 0. The zero-order chi connectivity index (χ0) is 11.4. The highest BCUT2D eigenvalue weighted by Crippen LogP contribution is 2.06. The summed E-state index contributed by atoms with van der Waals surface area (Å²) in [6.45, 7) is 6.52. The molecule has 1 fully saturated rings. The van der Waals surface area contributed by atoms with Crippen molar-refractivity contribution in [3.05, 3.63) is 12.2 Å². The average Bonchev–Trinajstić information content (AvgIpc) is 2.77. The van der Waals surface area contributed by atoms with Crippen LogP contribution in [0.15, 0.2) is 6.33 Å². The van der Waals surface area contributed by atoms with Crippen LogP contribution in [0.4, 0.5) is 0 Å². The maximum Gasteiger partial charge on any atom is 0.252 e. The van der Waals surface area contributed by atoms with Crippen LogP contribution >= 0.6 is 0 Å². The minimum Gasteiger partial charge on any atom is -0.374 e. The Morgan fingerprint density at radius 3 is 3.25 bits per heavy atom. The highest BCUT2D eigenvalue weighted by Gasteiger charge is 2.19. The number of ether oxygens (including phenoxy) is 1. The molecule has 0 radical (unpaired) electrons.